The Morgan fingerprint density at radius 1 is 1.11 bits per heavy atom. The van der Waals surface area contributed by atoms with Crippen molar-refractivity contribution in [2.75, 3.05) is 26.2 Å². The third-order valence-electron chi connectivity index (χ3n) is 4.74. The van der Waals surface area contributed by atoms with Crippen molar-refractivity contribution in [2.45, 2.75) is 25.8 Å². The zero-order valence-electron chi connectivity index (χ0n) is 15.4. The standard InChI is InChI=1S/C20H25N3O4/c1-15(4-9-18-3-2-14-27-18)21-20(26)23-12-10-22(11-13-23)19(25)16-5-7-17(24)8-6-16/h2-3,5-8,14-15,24H,4,9-13H2,1H3,(H,21,26). The van der Waals surface area contributed by atoms with Crippen molar-refractivity contribution in [3.05, 3.63) is 54.0 Å². The number of carbonyl (C=O) groups excluding carboxylic acids is 2. The summed E-state index contributed by atoms with van der Waals surface area (Å²) in [5.74, 6) is 0.966. The number of aromatic hydroxyl groups is 1. The number of piperazine rings is 1. The molecule has 1 aromatic carbocycles. The maximum Gasteiger partial charge on any atom is 0.317 e. The molecule has 1 aliphatic rings. The fraction of sp³-hybridized carbons (Fsp3) is 0.400. The van der Waals surface area contributed by atoms with Gasteiger partial charge in [-0.05, 0) is 49.7 Å². The van der Waals surface area contributed by atoms with E-state index in [1.165, 1.54) is 12.1 Å². The average molecular weight is 371 g/mol. The van der Waals surface area contributed by atoms with Crippen molar-refractivity contribution < 1.29 is 19.1 Å². The van der Waals surface area contributed by atoms with Gasteiger partial charge in [0.15, 0.2) is 0 Å². The number of nitrogens with zero attached hydrogens (tertiary/aromatic N) is 2. The van der Waals surface area contributed by atoms with Crippen LogP contribution >= 0.6 is 0 Å². The van der Waals surface area contributed by atoms with Crippen LogP contribution < -0.4 is 5.32 Å². The number of phenols is 1. The Kier molecular flexibility index (Phi) is 6.01. The van der Waals surface area contributed by atoms with Crippen LogP contribution in [-0.4, -0.2) is 59.1 Å². The van der Waals surface area contributed by atoms with Crippen molar-refractivity contribution in [1.29, 1.82) is 0 Å². The van der Waals surface area contributed by atoms with Crippen LogP contribution in [0.25, 0.3) is 0 Å². The molecular weight excluding hydrogens is 346 g/mol. The largest absolute Gasteiger partial charge is 0.508 e. The van der Waals surface area contributed by atoms with Crippen molar-refractivity contribution in [2.24, 2.45) is 0 Å². The molecule has 1 fully saturated rings. The Morgan fingerprint density at radius 3 is 2.41 bits per heavy atom. The third-order valence-corrected chi connectivity index (χ3v) is 4.74. The minimum absolute atomic E-state index is 0.0410. The minimum Gasteiger partial charge on any atom is -0.508 e. The lowest BCUT2D eigenvalue weighted by atomic mass is 10.1. The molecule has 1 atom stereocenters. The first-order chi connectivity index (χ1) is 13.0. The van der Waals surface area contributed by atoms with Crippen molar-refractivity contribution in [3.8, 4) is 5.75 Å². The maximum atomic E-state index is 12.5. The van der Waals surface area contributed by atoms with E-state index in [2.05, 4.69) is 5.32 Å². The zero-order valence-corrected chi connectivity index (χ0v) is 15.4. The van der Waals surface area contributed by atoms with Gasteiger partial charge in [0, 0.05) is 44.2 Å². The summed E-state index contributed by atoms with van der Waals surface area (Å²) in [4.78, 5) is 28.4. The van der Waals surface area contributed by atoms with Crippen LogP contribution in [0.5, 0.6) is 5.75 Å². The molecule has 2 aromatic rings. The second-order valence-corrected chi connectivity index (χ2v) is 6.79. The molecule has 0 radical (unpaired) electrons. The number of urea groups is 1. The Balaban J connectivity index is 1.43. The van der Waals surface area contributed by atoms with E-state index in [1.54, 1.807) is 28.2 Å². The molecule has 1 saturated heterocycles. The summed E-state index contributed by atoms with van der Waals surface area (Å²) in [6.07, 6.45) is 3.24. The average Bonchev–Trinajstić information content (AvgIpc) is 3.20. The Bertz CT molecular complexity index is 750. The molecular formula is C20H25N3O4. The monoisotopic (exact) mass is 371 g/mol. The van der Waals surface area contributed by atoms with E-state index in [9.17, 15) is 14.7 Å². The van der Waals surface area contributed by atoms with E-state index in [1.807, 2.05) is 19.1 Å². The fourth-order valence-electron chi connectivity index (χ4n) is 3.09. The minimum atomic E-state index is -0.0984. The van der Waals surface area contributed by atoms with Gasteiger partial charge in [0.1, 0.15) is 11.5 Å². The second-order valence-electron chi connectivity index (χ2n) is 6.79. The summed E-state index contributed by atoms with van der Waals surface area (Å²) in [5, 5.41) is 12.3. The van der Waals surface area contributed by atoms with Crippen LogP contribution in [0.1, 0.15) is 29.5 Å². The molecule has 1 aromatic heterocycles. The van der Waals surface area contributed by atoms with Crippen LogP contribution in [0.15, 0.2) is 47.1 Å². The molecule has 1 unspecified atom stereocenters. The van der Waals surface area contributed by atoms with Crippen LogP contribution in [0.4, 0.5) is 4.79 Å². The lowest BCUT2D eigenvalue weighted by Gasteiger charge is -2.35. The van der Waals surface area contributed by atoms with Gasteiger partial charge in [-0.15, -0.1) is 0 Å². The molecule has 0 saturated carbocycles. The number of hydrogen-bond donors (Lipinski definition) is 2. The van der Waals surface area contributed by atoms with Crippen LogP contribution in [-0.2, 0) is 6.42 Å². The predicted molar refractivity (Wildman–Crippen MR) is 101 cm³/mol. The normalized spacial score (nSPS) is 15.4. The number of rotatable bonds is 5. The van der Waals surface area contributed by atoms with E-state index in [0.29, 0.717) is 31.7 Å². The molecule has 1 aliphatic heterocycles. The summed E-state index contributed by atoms with van der Waals surface area (Å²) < 4.78 is 5.31. The van der Waals surface area contributed by atoms with Gasteiger partial charge < -0.3 is 24.6 Å². The first-order valence-electron chi connectivity index (χ1n) is 9.19. The SMILES string of the molecule is CC(CCc1ccco1)NC(=O)N1CCN(C(=O)c2ccc(O)cc2)CC1. The number of nitrogens with one attached hydrogen (secondary N) is 1. The Labute approximate surface area is 158 Å². The van der Waals surface area contributed by atoms with Crippen LogP contribution in [0.2, 0.25) is 0 Å². The quantitative estimate of drug-likeness (QED) is 0.845. The highest BCUT2D eigenvalue weighted by molar-refractivity contribution is 5.94. The lowest BCUT2D eigenvalue weighted by molar-refractivity contribution is 0.0663. The summed E-state index contributed by atoms with van der Waals surface area (Å²) in [7, 11) is 0. The number of hydrogen-bond acceptors (Lipinski definition) is 4. The van der Waals surface area contributed by atoms with Gasteiger partial charge in [-0.3, -0.25) is 4.79 Å². The lowest BCUT2D eigenvalue weighted by Crippen LogP contribution is -2.54. The number of phenolic OH excluding ortho intramolecular Hbond substituents is 1. The molecule has 7 nitrogen and oxygen atoms in total. The van der Waals surface area contributed by atoms with Crippen LogP contribution in [0.3, 0.4) is 0 Å². The first kappa shape index (κ1) is 18.8. The van der Waals surface area contributed by atoms with Gasteiger partial charge in [-0.25, -0.2) is 4.79 Å². The maximum absolute atomic E-state index is 12.5. The fourth-order valence-corrected chi connectivity index (χ4v) is 3.09. The van der Waals surface area contributed by atoms with E-state index >= 15 is 0 Å². The Morgan fingerprint density at radius 2 is 1.78 bits per heavy atom. The molecule has 2 N–H and O–H groups in total. The smallest absolute Gasteiger partial charge is 0.317 e. The van der Waals surface area contributed by atoms with Gasteiger partial charge >= 0.3 is 6.03 Å². The summed E-state index contributed by atoms with van der Waals surface area (Å²) >= 11 is 0. The van der Waals surface area contributed by atoms with Gasteiger partial charge in [-0.1, -0.05) is 0 Å². The number of amides is 3. The molecule has 3 rings (SSSR count). The molecule has 3 amide bonds. The van der Waals surface area contributed by atoms with Gasteiger partial charge in [-0.2, -0.15) is 0 Å². The molecule has 2 heterocycles. The molecule has 0 bridgehead atoms. The predicted octanol–water partition coefficient (Wildman–Crippen LogP) is 2.47. The highest BCUT2D eigenvalue weighted by Gasteiger charge is 2.25. The van der Waals surface area contributed by atoms with E-state index in [4.69, 9.17) is 4.42 Å². The first-order valence-corrected chi connectivity index (χ1v) is 9.19. The van der Waals surface area contributed by atoms with Crippen molar-refractivity contribution in [3.63, 3.8) is 0 Å². The van der Waals surface area contributed by atoms with Gasteiger partial charge in [0.05, 0.1) is 6.26 Å². The second kappa shape index (κ2) is 8.62. The molecule has 0 aliphatic carbocycles. The van der Waals surface area contributed by atoms with E-state index < -0.39 is 0 Å². The van der Waals surface area contributed by atoms with E-state index in [0.717, 1.165) is 18.6 Å². The Hall–Kier alpha value is -2.96. The number of aryl methyl sites for hydroxylation is 1. The molecule has 0 spiro atoms. The van der Waals surface area contributed by atoms with Crippen molar-refractivity contribution in [1.82, 2.24) is 15.1 Å². The van der Waals surface area contributed by atoms with Crippen molar-refractivity contribution >= 4 is 11.9 Å². The topological polar surface area (TPSA) is 86.0 Å². The molecule has 144 valence electrons. The number of furan rings is 1. The summed E-state index contributed by atoms with van der Waals surface area (Å²) in [6, 6.07) is 9.95. The highest BCUT2D eigenvalue weighted by Crippen LogP contribution is 2.13. The summed E-state index contributed by atoms with van der Waals surface area (Å²) in [5.41, 5.74) is 0.539. The third kappa shape index (κ3) is 5.03. The highest BCUT2D eigenvalue weighted by atomic mass is 16.3. The number of benzene rings is 1. The van der Waals surface area contributed by atoms with Gasteiger partial charge in [0.25, 0.3) is 5.91 Å². The molecule has 27 heavy (non-hydrogen) atoms. The number of carbonyl (C=O) groups is 2. The summed E-state index contributed by atoms with van der Waals surface area (Å²) in [6.45, 7) is 3.97. The van der Waals surface area contributed by atoms with Gasteiger partial charge in [0.2, 0.25) is 0 Å². The molecule has 7 heteroatoms. The van der Waals surface area contributed by atoms with E-state index in [-0.39, 0.29) is 23.7 Å². The zero-order chi connectivity index (χ0) is 19.2. The van der Waals surface area contributed by atoms with Crippen LogP contribution in [0, 0.1) is 0 Å².